The highest BCUT2D eigenvalue weighted by atomic mass is 79.9. The Kier molecular flexibility index (Phi) is 45.5. The number of carboxylic acid groups (broad SMARTS) is 1. The highest BCUT2D eigenvalue weighted by Gasteiger charge is 2.30. The van der Waals surface area contributed by atoms with E-state index >= 15 is 0 Å². The summed E-state index contributed by atoms with van der Waals surface area (Å²) in [6, 6.07) is 30.1. The maximum Gasteiger partial charge on any atom is 0.305 e. The number of ether oxygens (including phenoxy) is 2. The van der Waals surface area contributed by atoms with E-state index in [0.717, 1.165) is 79.1 Å². The van der Waals surface area contributed by atoms with Gasteiger partial charge in [-0.05, 0) is 94.2 Å². The number of esters is 2. The molecule has 4 N–H and O–H groups in total. The number of aliphatic carboxylic acids is 1. The van der Waals surface area contributed by atoms with Crippen molar-refractivity contribution in [3.63, 3.8) is 0 Å². The monoisotopic (exact) mass is 1230 g/mol. The molecule has 0 aliphatic carbocycles. The maximum atomic E-state index is 12.0. The standard InChI is InChI=1S/2C19H29NO3S.C18H27NO3S.2BrH.ClH/c2*1-4-5-15-20-17(21)11-13-19(2,14-12-18(22)23-3)24-16-9-7-6-8-10-16;1-3-4-14-19-16(20)10-12-18(2,13-11-17(21)22)23-15-8-6-5-7-9-15;;;/h2*6-10H,4-5,11-15H2,1-3H3,(H,20,21);5-9H,3-4,10-14H2,1-2H3,(H,19,20)(H,21,22);3*1H/p-2. The SMILES string of the molecule is Br.CCCCNC(=O)CCC(C)(CCC(=O)O)Sc1ccccc1.CCCCNC(=O)CCC(C)(CCC(=O)OC)Sc1ccccc1.CCCCNC(=O)CCC(C)(CCC(=O)OC)Sc1ccccc1.[Br-].[Cl-]. The van der Waals surface area contributed by atoms with Crippen LogP contribution >= 0.6 is 52.3 Å². The Morgan fingerprint density at radius 3 is 0.932 bits per heavy atom. The van der Waals surface area contributed by atoms with E-state index in [9.17, 15) is 28.8 Å². The number of unbranched alkanes of at least 4 members (excludes halogenated alkanes) is 3. The minimum Gasteiger partial charge on any atom is -1.00 e. The second-order valence-corrected chi connectivity index (χ2v) is 23.2. The number of carboxylic acids is 1. The van der Waals surface area contributed by atoms with Gasteiger partial charge in [0, 0.05) is 87.1 Å². The molecule has 3 rings (SSSR count). The summed E-state index contributed by atoms with van der Waals surface area (Å²) < 4.78 is 8.89. The third-order valence-electron chi connectivity index (χ3n) is 11.6. The van der Waals surface area contributed by atoms with Crippen molar-refractivity contribution in [2.75, 3.05) is 33.9 Å². The molecule has 0 aliphatic rings. The zero-order valence-corrected chi connectivity index (χ0v) is 51.6. The molecule has 0 spiro atoms. The number of methoxy groups -OCH3 is 2. The molecule has 0 radical (unpaired) electrons. The molecule has 3 unspecified atom stereocenters. The maximum absolute atomic E-state index is 12.0. The van der Waals surface area contributed by atoms with E-state index in [-0.39, 0.29) is 96.7 Å². The van der Waals surface area contributed by atoms with Gasteiger partial charge in [-0.3, -0.25) is 28.8 Å². The molecule has 3 aromatic rings. The lowest BCUT2D eigenvalue weighted by Gasteiger charge is -2.28. The summed E-state index contributed by atoms with van der Waals surface area (Å²) in [6.07, 6.45) is 12.4. The van der Waals surface area contributed by atoms with Gasteiger partial charge in [-0.25, -0.2) is 0 Å². The molecule has 74 heavy (non-hydrogen) atoms. The van der Waals surface area contributed by atoms with Crippen LogP contribution in [0.2, 0.25) is 0 Å². The summed E-state index contributed by atoms with van der Waals surface area (Å²) in [5.41, 5.74) is 0. The molecule has 420 valence electrons. The predicted molar refractivity (Wildman–Crippen MR) is 303 cm³/mol. The number of thioether (sulfide) groups is 3. The normalized spacial score (nSPS) is 12.6. The van der Waals surface area contributed by atoms with Crippen LogP contribution in [0.25, 0.3) is 0 Å². The number of carbonyl (C=O) groups excluding carboxylic acids is 5. The van der Waals surface area contributed by atoms with Crippen molar-refractivity contribution < 1.29 is 72.7 Å². The van der Waals surface area contributed by atoms with Gasteiger partial charge in [-0.1, -0.05) is 115 Å². The number of rotatable bonds is 33. The molecular formula is C56H86Br2ClN3O9S3-2. The molecule has 0 saturated carbocycles. The first-order valence-electron chi connectivity index (χ1n) is 25.3. The summed E-state index contributed by atoms with van der Waals surface area (Å²) in [5.74, 6) is -0.988. The van der Waals surface area contributed by atoms with Gasteiger partial charge in [0.25, 0.3) is 0 Å². The molecule has 3 aromatic carbocycles. The first-order valence-corrected chi connectivity index (χ1v) is 27.8. The molecule has 0 fully saturated rings. The fourth-order valence-corrected chi connectivity index (χ4v) is 10.7. The molecule has 0 aromatic heterocycles. The van der Waals surface area contributed by atoms with Crippen molar-refractivity contribution in [1.29, 1.82) is 0 Å². The first-order chi connectivity index (χ1) is 33.9. The van der Waals surface area contributed by atoms with Gasteiger partial charge in [0.2, 0.25) is 17.7 Å². The number of amides is 3. The van der Waals surface area contributed by atoms with Crippen molar-refractivity contribution in [3.8, 4) is 0 Å². The Morgan fingerprint density at radius 2 is 0.703 bits per heavy atom. The number of halogens is 3. The van der Waals surface area contributed by atoms with Crippen LogP contribution in [0.4, 0.5) is 0 Å². The van der Waals surface area contributed by atoms with Crippen molar-refractivity contribution in [2.24, 2.45) is 0 Å². The van der Waals surface area contributed by atoms with E-state index in [0.29, 0.717) is 64.3 Å². The average molecular weight is 1240 g/mol. The minimum atomic E-state index is -0.794. The van der Waals surface area contributed by atoms with Gasteiger partial charge in [0.15, 0.2) is 0 Å². The van der Waals surface area contributed by atoms with Crippen molar-refractivity contribution in [1.82, 2.24) is 16.0 Å². The smallest absolute Gasteiger partial charge is 0.305 e. The van der Waals surface area contributed by atoms with Crippen molar-refractivity contribution >= 4 is 87.9 Å². The number of hydrogen-bond donors (Lipinski definition) is 4. The van der Waals surface area contributed by atoms with Crippen molar-refractivity contribution in [2.45, 2.75) is 186 Å². The van der Waals surface area contributed by atoms with Crippen LogP contribution in [-0.4, -0.2) is 88.8 Å². The second-order valence-electron chi connectivity index (χ2n) is 18.3. The summed E-state index contributed by atoms with van der Waals surface area (Å²) in [4.78, 5) is 73.3. The van der Waals surface area contributed by atoms with E-state index in [2.05, 4.69) is 74.8 Å². The first kappa shape index (κ1) is 75.0. The Morgan fingerprint density at radius 1 is 0.459 bits per heavy atom. The van der Waals surface area contributed by atoms with E-state index in [4.69, 9.17) is 14.6 Å². The number of nitrogens with one attached hydrogen (secondary N) is 3. The molecule has 0 saturated heterocycles. The van der Waals surface area contributed by atoms with Crippen LogP contribution in [0.15, 0.2) is 106 Å². The van der Waals surface area contributed by atoms with Gasteiger partial charge in [-0.2, -0.15) is 0 Å². The minimum absolute atomic E-state index is 0. The molecule has 3 amide bonds. The van der Waals surface area contributed by atoms with Crippen LogP contribution in [0.3, 0.4) is 0 Å². The highest BCUT2D eigenvalue weighted by molar-refractivity contribution is 8.93. The molecule has 0 heterocycles. The van der Waals surface area contributed by atoms with E-state index < -0.39 is 5.97 Å². The van der Waals surface area contributed by atoms with Crippen LogP contribution in [0, 0.1) is 0 Å². The summed E-state index contributed by atoms with van der Waals surface area (Å²) >= 11 is 5.11. The summed E-state index contributed by atoms with van der Waals surface area (Å²) in [5, 5.41) is 17.8. The molecule has 3 atom stereocenters. The highest BCUT2D eigenvalue weighted by Crippen LogP contribution is 2.42. The van der Waals surface area contributed by atoms with E-state index in [1.54, 1.807) is 35.3 Å². The lowest BCUT2D eigenvalue weighted by atomic mass is 9.98. The zero-order chi connectivity index (χ0) is 52.8. The molecule has 0 aliphatic heterocycles. The van der Waals surface area contributed by atoms with Gasteiger partial charge in [0.1, 0.15) is 0 Å². The van der Waals surface area contributed by atoms with Gasteiger partial charge in [0.05, 0.1) is 14.2 Å². The van der Waals surface area contributed by atoms with Gasteiger partial charge < -0.3 is 59.9 Å². The van der Waals surface area contributed by atoms with Crippen LogP contribution in [0.5, 0.6) is 0 Å². The second kappa shape index (κ2) is 44.9. The number of hydrogen-bond acceptors (Lipinski definition) is 11. The molecule has 0 bridgehead atoms. The molecular weight excluding hydrogens is 1150 g/mol. The Labute approximate surface area is 484 Å². The molecule has 12 nitrogen and oxygen atoms in total. The van der Waals surface area contributed by atoms with Gasteiger partial charge in [-0.15, -0.1) is 52.3 Å². The van der Waals surface area contributed by atoms with E-state index in [1.165, 1.54) is 14.2 Å². The van der Waals surface area contributed by atoms with Crippen LogP contribution < -0.4 is 45.3 Å². The van der Waals surface area contributed by atoms with E-state index in [1.807, 2.05) is 73.7 Å². The molecule has 18 heteroatoms. The Bertz CT molecular complexity index is 1870. The fourth-order valence-electron chi connectivity index (χ4n) is 6.92. The predicted octanol–water partition coefficient (Wildman–Crippen LogP) is 7.06. The summed E-state index contributed by atoms with van der Waals surface area (Å²) in [6.45, 7) is 14.8. The number of benzene rings is 3. The Hall–Kier alpha value is -3.22. The quantitative estimate of drug-likeness (QED) is 0.0278. The van der Waals surface area contributed by atoms with Crippen molar-refractivity contribution in [3.05, 3.63) is 91.0 Å². The lowest BCUT2D eigenvalue weighted by Crippen LogP contribution is -3.00. The fraction of sp³-hybridized carbons (Fsp3) is 0.571. The zero-order valence-electron chi connectivity index (χ0n) is 45.1. The van der Waals surface area contributed by atoms with Crippen LogP contribution in [0.1, 0.15) is 157 Å². The third kappa shape index (κ3) is 38.3. The van der Waals surface area contributed by atoms with Crippen LogP contribution in [-0.2, 0) is 38.2 Å². The van der Waals surface area contributed by atoms with Gasteiger partial charge >= 0.3 is 17.9 Å². The lowest BCUT2D eigenvalue weighted by molar-refractivity contribution is -0.141. The topological polar surface area (TPSA) is 177 Å². The third-order valence-corrected chi connectivity index (χ3v) is 15.8. The largest absolute Gasteiger partial charge is 1.00 e. The summed E-state index contributed by atoms with van der Waals surface area (Å²) in [7, 11) is 2.82. The Balaban J connectivity index is -0.00000100. The number of carbonyl (C=O) groups is 6. The average Bonchev–Trinajstić information content (AvgIpc) is 3.36.